The summed E-state index contributed by atoms with van der Waals surface area (Å²) in [6, 6.07) is 10.2. The van der Waals surface area contributed by atoms with Gasteiger partial charge in [0.1, 0.15) is 0 Å². The maximum absolute atomic E-state index is 4.16. The molecule has 0 amide bonds. The van der Waals surface area contributed by atoms with Crippen LogP contribution in [0.25, 0.3) is 5.69 Å². The van der Waals surface area contributed by atoms with E-state index in [0.717, 1.165) is 11.4 Å². The zero-order valence-corrected chi connectivity index (χ0v) is 8.94. The van der Waals surface area contributed by atoms with E-state index >= 15 is 0 Å². The van der Waals surface area contributed by atoms with Gasteiger partial charge in [0.25, 0.3) is 0 Å². The Bertz CT molecular complexity index is 363. The van der Waals surface area contributed by atoms with Crippen LogP contribution in [0.1, 0.15) is 19.5 Å². The average molecular weight is 188 g/mol. The van der Waals surface area contributed by atoms with Gasteiger partial charge in [0.05, 0.1) is 12.0 Å². The van der Waals surface area contributed by atoms with Gasteiger partial charge in [-0.3, -0.25) is 0 Å². The van der Waals surface area contributed by atoms with Gasteiger partial charge in [-0.2, -0.15) is 0 Å². The van der Waals surface area contributed by atoms with E-state index in [1.54, 1.807) is 0 Å². The predicted octanol–water partition coefficient (Wildman–Crippen LogP) is 3.21. The number of rotatable bonds is 1. The minimum Gasteiger partial charge on any atom is -0.306 e. The summed E-state index contributed by atoms with van der Waals surface area (Å²) in [6.07, 6.45) is 3.83. The maximum Gasteiger partial charge on any atom is 0.0995 e. The Kier molecular flexibility index (Phi) is 3.92. The lowest BCUT2D eigenvalue weighted by Crippen LogP contribution is -1.87. The molecule has 2 heteroatoms. The van der Waals surface area contributed by atoms with E-state index in [1.807, 2.05) is 56.1 Å². The molecule has 0 unspecified atom stereocenters. The normalized spacial score (nSPS) is 9.07. The molecular formula is C12H16N2. The van der Waals surface area contributed by atoms with E-state index in [4.69, 9.17) is 0 Å². The van der Waals surface area contributed by atoms with Crippen LogP contribution < -0.4 is 0 Å². The number of nitrogens with zero attached hydrogens (tertiary/aromatic N) is 2. The van der Waals surface area contributed by atoms with E-state index in [-0.39, 0.29) is 0 Å². The monoisotopic (exact) mass is 188 g/mol. The number of hydrogen-bond donors (Lipinski definition) is 0. The summed E-state index contributed by atoms with van der Waals surface area (Å²) in [5, 5.41) is 0. The molecule has 2 aromatic rings. The maximum atomic E-state index is 4.16. The van der Waals surface area contributed by atoms with Gasteiger partial charge in [-0.25, -0.2) is 4.98 Å². The average Bonchev–Trinajstić information content (AvgIpc) is 2.69. The molecule has 1 aromatic carbocycles. The molecule has 2 rings (SSSR count). The molecule has 0 saturated carbocycles. The molecule has 2 nitrogen and oxygen atoms in total. The van der Waals surface area contributed by atoms with E-state index in [9.17, 15) is 0 Å². The summed E-state index contributed by atoms with van der Waals surface area (Å²) < 4.78 is 2.01. The highest BCUT2D eigenvalue weighted by atomic mass is 15.0. The zero-order chi connectivity index (χ0) is 10.4. The summed E-state index contributed by atoms with van der Waals surface area (Å²) in [7, 11) is 0. The molecule has 0 aliphatic carbocycles. The molecule has 0 spiro atoms. The van der Waals surface area contributed by atoms with Gasteiger partial charge in [0, 0.05) is 11.9 Å². The van der Waals surface area contributed by atoms with E-state index in [2.05, 4.69) is 17.1 Å². The van der Waals surface area contributed by atoms with Crippen LogP contribution in [0.4, 0.5) is 0 Å². The highest BCUT2D eigenvalue weighted by Crippen LogP contribution is 2.06. The molecule has 0 bridgehead atoms. The first-order valence-electron chi connectivity index (χ1n) is 4.92. The van der Waals surface area contributed by atoms with E-state index in [1.165, 1.54) is 0 Å². The molecule has 14 heavy (non-hydrogen) atoms. The van der Waals surface area contributed by atoms with Crippen molar-refractivity contribution in [3.63, 3.8) is 0 Å². The van der Waals surface area contributed by atoms with Crippen molar-refractivity contribution in [1.29, 1.82) is 0 Å². The first-order valence-corrected chi connectivity index (χ1v) is 4.92. The Morgan fingerprint density at radius 3 is 2.21 bits per heavy atom. The van der Waals surface area contributed by atoms with Gasteiger partial charge in [-0.15, -0.1) is 0 Å². The largest absolute Gasteiger partial charge is 0.306 e. The Hall–Kier alpha value is -1.57. The van der Waals surface area contributed by atoms with Crippen molar-refractivity contribution in [2.24, 2.45) is 0 Å². The predicted molar refractivity (Wildman–Crippen MR) is 59.6 cm³/mol. The molecule has 74 valence electrons. The minimum absolute atomic E-state index is 1.04. The van der Waals surface area contributed by atoms with Crippen LogP contribution in [0, 0.1) is 6.92 Å². The summed E-state index contributed by atoms with van der Waals surface area (Å²) in [4.78, 5) is 4.16. The number of hydrogen-bond acceptors (Lipinski definition) is 1. The van der Waals surface area contributed by atoms with Crippen molar-refractivity contribution < 1.29 is 0 Å². The van der Waals surface area contributed by atoms with Crippen molar-refractivity contribution in [2.75, 3.05) is 0 Å². The van der Waals surface area contributed by atoms with Crippen molar-refractivity contribution in [3.8, 4) is 5.69 Å². The number of para-hydroxylation sites is 1. The number of aryl methyl sites for hydroxylation is 1. The zero-order valence-electron chi connectivity index (χ0n) is 8.94. The van der Waals surface area contributed by atoms with Crippen LogP contribution in [0.15, 0.2) is 42.9 Å². The van der Waals surface area contributed by atoms with Crippen molar-refractivity contribution in [2.45, 2.75) is 20.8 Å². The molecule has 0 saturated heterocycles. The molecular weight excluding hydrogens is 172 g/mol. The fourth-order valence-corrected chi connectivity index (χ4v) is 1.16. The Labute approximate surface area is 85.2 Å². The Morgan fingerprint density at radius 1 is 1.07 bits per heavy atom. The van der Waals surface area contributed by atoms with Gasteiger partial charge in [-0.05, 0) is 19.1 Å². The summed E-state index contributed by atoms with van der Waals surface area (Å²) in [5.74, 6) is 0. The van der Waals surface area contributed by atoms with Gasteiger partial charge < -0.3 is 4.57 Å². The van der Waals surface area contributed by atoms with Crippen LogP contribution >= 0.6 is 0 Å². The number of benzene rings is 1. The van der Waals surface area contributed by atoms with E-state index < -0.39 is 0 Å². The molecule has 0 fully saturated rings. The standard InChI is InChI=1S/C10H10N2.C2H6/c1-9-7-12(8-11-9)10-5-3-2-4-6-10;1-2/h2-8H,1H3;1-2H3. The first-order chi connectivity index (χ1) is 6.86. The minimum atomic E-state index is 1.04. The van der Waals surface area contributed by atoms with Crippen molar-refractivity contribution in [1.82, 2.24) is 9.55 Å². The molecule has 1 heterocycles. The molecule has 0 aliphatic rings. The molecule has 1 aromatic heterocycles. The second kappa shape index (κ2) is 5.22. The second-order valence-electron chi connectivity index (χ2n) is 2.76. The lowest BCUT2D eigenvalue weighted by Gasteiger charge is -1.98. The second-order valence-corrected chi connectivity index (χ2v) is 2.76. The SMILES string of the molecule is CC.Cc1cn(-c2ccccc2)cn1. The molecule has 0 atom stereocenters. The van der Waals surface area contributed by atoms with Crippen LogP contribution in [-0.2, 0) is 0 Å². The lowest BCUT2D eigenvalue weighted by molar-refractivity contribution is 1.06. The third-order valence-corrected chi connectivity index (χ3v) is 1.77. The fourth-order valence-electron chi connectivity index (χ4n) is 1.16. The summed E-state index contributed by atoms with van der Waals surface area (Å²) >= 11 is 0. The summed E-state index contributed by atoms with van der Waals surface area (Å²) in [6.45, 7) is 5.99. The number of imidazole rings is 1. The van der Waals surface area contributed by atoms with Crippen LogP contribution in [0.2, 0.25) is 0 Å². The smallest absolute Gasteiger partial charge is 0.0995 e. The first kappa shape index (κ1) is 10.5. The Morgan fingerprint density at radius 2 is 1.71 bits per heavy atom. The van der Waals surface area contributed by atoms with Crippen molar-refractivity contribution in [3.05, 3.63) is 48.5 Å². The molecule has 0 aliphatic heterocycles. The van der Waals surface area contributed by atoms with Crippen LogP contribution in [0.3, 0.4) is 0 Å². The number of aromatic nitrogens is 2. The van der Waals surface area contributed by atoms with Gasteiger partial charge in [-0.1, -0.05) is 32.0 Å². The van der Waals surface area contributed by atoms with Gasteiger partial charge in [0.15, 0.2) is 0 Å². The quantitative estimate of drug-likeness (QED) is 0.672. The van der Waals surface area contributed by atoms with Crippen LogP contribution in [0.5, 0.6) is 0 Å². The summed E-state index contributed by atoms with van der Waals surface area (Å²) in [5.41, 5.74) is 2.19. The van der Waals surface area contributed by atoms with Crippen molar-refractivity contribution >= 4 is 0 Å². The molecule has 0 N–H and O–H groups in total. The fraction of sp³-hybridized carbons (Fsp3) is 0.250. The highest BCUT2D eigenvalue weighted by Gasteiger charge is 1.94. The molecule has 0 radical (unpaired) electrons. The Balaban J connectivity index is 0.000000461. The van der Waals surface area contributed by atoms with Gasteiger partial charge >= 0.3 is 0 Å². The highest BCUT2D eigenvalue weighted by molar-refractivity contribution is 5.31. The van der Waals surface area contributed by atoms with Gasteiger partial charge in [0.2, 0.25) is 0 Å². The van der Waals surface area contributed by atoms with Crippen LogP contribution in [-0.4, -0.2) is 9.55 Å². The third-order valence-electron chi connectivity index (χ3n) is 1.77. The third kappa shape index (κ3) is 2.46. The lowest BCUT2D eigenvalue weighted by atomic mass is 10.3. The topological polar surface area (TPSA) is 17.8 Å². The van der Waals surface area contributed by atoms with E-state index in [0.29, 0.717) is 0 Å².